The van der Waals surface area contributed by atoms with Gasteiger partial charge < -0.3 is 15.1 Å². The minimum atomic E-state index is -0.730. The zero-order valence-electron chi connectivity index (χ0n) is 7.48. The minimum Gasteiger partial charge on any atom is -0.490 e. The van der Waals surface area contributed by atoms with E-state index < -0.39 is 6.10 Å². The average molecular weight is 262 g/mol. The SMILES string of the molecule is ONCC(O)COc1ccccc1Br. The molecule has 78 valence electrons. The first-order valence-electron chi connectivity index (χ1n) is 4.16. The fraction of sp³-hybridized carbons (Fsp3) is 0.333. The molecule has 0 fully saturated rings. The number of benzene rings is 1. The van der Waals surface area contributed by atoms with Crippen LogP contribution < -0.4 is 10.2 Å². The summed E-state index contributed by atoms with van der Waals surface area (Å²) in [6.07, 6.45) is -0.730. The third-order valence-corrected chi connectivity index (χ3v) is 2.25. The van der Waals surface area contributed by atoms with Gasteiger partial charge in [-0.15, -0.1) is 0 Å². The summed E-state index contributed by atoms with van der Waals surface area (Å²) >= 11 is 3.31. The predicted octanol–water partition coefficient (Wildman–Crippen LogP) is 1.17. The molecule has 0 radical (unpaired) electrons. The first-order chi connectivity index (χ1) is 6.74. The Morgan fingerprint density at radius 2 is 2.14 bits per heavy atom. The highest BCUT2D eigenvalue weighted by atomic mass is 79.9. The number of para-hydroxylation sites is 1. The van der Waals surface area contributed by atoms with Gasteiger partial charge >= 0.3 is 0 Å². The predicted molar refractivity (Wildman–Crippen MR) is 55.4 cm³/mol. The summed E-state index contributed by atoms with van der Waals surface area (Å²) in [7, 11) is 0. The number of hydrogen-bond donors (Lipinski definition) is 3. The highest BCUT2D eigenvalue weighted by Gasteiger charge is 2.05. The molecule has 1 atom stereocenters. The summed E-state index contributed by atoms with van der Waals surface area (Å²) in [5.41, 5.74) is 1.88. The van der Waals surface area contributed by atoms with Crippen molar-refractivity contribution in [3.05, 3.63) is 28.7 Å². The van der Waals surface area contributed by atoms with Gasteiger partial charge in [0.05, 0.1) is 11.0 Å². The summed E-state index contributed by atoms with van der Waals surface area (Å²) in [4.78, 5) is 0. The second-order valence-electron chi connectivity index (χ2n) is 2.76. The molecule has 0 aromatic heterocycles. The third-order valence-electron chi connectivity index (χ3n) is 1.59. The molecule has 0 saturated carbocycles. The Bertz CT molecular complexity index is 283. The average Bonchev–Trinajstić information content (AvgIpc) is 2.17. The van der Waals surface area contributed by atoms with E-state index in [4.69, 9.17) is 9.94 Å². The summed E-state index contributed by atoms with van der Waals surface area (Å²) in [6.45, 7) is 0.223. The zero-order chi connectivity index (χ0) is 10.4. The van der Waals surface area contributed by atoms with E-state index in [9.17, 15) is 5.11 Å². The van der Waals surface area contributed by atoms with Crippen LogP contribution in [0, 0.1) is 0 Å². The monoisotopic (exact) mass is 261 g/mol. The van der Waals surface area contributed by atoms with E-state index in [1.165, 1.54) is 0 Å². The lowest BCUT2D eigenvalue weighted by Gasteiger charge is -2.12. The fourth-order valence-electron chi connectivity index (χ4n) is 0.912. The molecule has 1 unspecified atom stereocenters. The number of aliphatic hydroxyl groups excluding tert-OH is 1. The summed E-state index contributed by atoms with van der Waals surface area (Å²) in [6, 6.07) is 7.37. The van der Waals surface area contributed by atoms with Gasteiger partial charge in [-0.3, -0.25) is 0 Å². The molecule has 0 saturated heterocycles. The van der Waals surface area contributed by atoms with Crippen LogP contribution in [0.1, 0.15) is 0 Å². The first-order valence-corrected chi connectivity index (χ1v) is 4.95. The van der Waals surface area contributed by atoms with E-state index in [2.05, 4.69) is 15.9 Å². The number of aliphatic hydroxyl groups is 1. The van der Waals surface area contributed by atoms with E-state index in [0.29, 0.717) is 5.75 Å². The smallest absolute Gasteiger partial charge is 0.133 e. The molecule has 0 aliphatic carbocycles. The van der Waals surface area contributed by atoms with Gasteiger partial charge in [0.15, 0.2) is 0 Å². The lowest BCUT2D eigenvalue weighted by Crippen LogP contribution is -2.29. The number of nitrogens with one attached hydrogen (secondary N) is 1. The van der Waals surface area contributed by atoms with Crippen LogP contribution in [0.4, 0.5) is 0 Å². The summed E-state index contributed by atoms with van der Waals surface area (Å²) in [5, 5.41) is 17.6. The fourth-order valence-corrected chi connectivity index (χ4v) is 1.31. The molecular formula is C9H12BrNO3. The highest BCUT2D eigenvalue weighted by Crippen LogP contribution is 2.23. The van der Waals surface area contributed by atoms with Crippen LogP contribution in [-0.4, -0.2) is 29.6 Å². The molecule has 0 bridgehead atoms. The zero-order valence-corrected chi connectivity index (χ0v) is 9.07. The quantitative estimate of drug-likeness (QED) is 0.697. The number of hydroxylamine groups is 1. The minimum absolute atomic E-state index is 0.0878. The number of halogens is 1. The highest BCUT2D eigenvalue weighted by molar-refractivity contribution is 9.10. The Morgan fingerprint density at radius 3 is 2.79 bits per heavy atom. The Kier molecular flexibility index (Phi) is 4.89. The molecule has 0 aliphatic heterocycles. The van der Waals surface area contributed by atoms with Crippen molar-refractivity contribution in [1.29, 1.82) is 0 Å². The Hall–Kier alpha value is -0.620. The number of rotatable bonds is 5. The van der Waals surface area contributed by atoms with E-state index in [0.717, 1.165) is 4.47 Å². The molecule has 1 aromatic carbocycles. The van der Waals surface area contributed by atoms with Crippen LogP contribution in [0.25, 0.3) is 0 Å². The maximum atomic E-state index is 9.24. The second-order valence-corrected chi connectivity index (χ2v) is 3.61. The topological polar surface area (TPSA) is 61.7 Å². The molecule has 5 heteroatoms. The maximum absolute atomic E-state index is 9.24. The molecule has 0 aliphatic rings. The van der Waals surface area contributed by atoms with Gasteiger partial charge in [0.1, 0.15) is 18.5 Å². The van der Waals surface area contributed by atoms with Crippen molar-refractivity contribution in [2.45, 2.75) is 6.10 Å². The standard InChI is InChI=1S/C9H12BrNO3/c10-8-3-1-2-4-9(8)14-6-7(12)5-11-13/h1-4,7,11-13H,5-6H2. The molecule has 4 nitrogen and oxygen atoms in total. The molecule has 1 rings (SSSR count). The van der Waals surface area contributed by atoms with Crippen molar-refractivity contribution < 1.29 is 15.1 Å². The molecule has 0 amide bonds. The van der Waals surface area contributed by atoms with Crippen LogP contribution in [-0.2, 0) is 0 Å². The van der Waals surface area contributed by atoms with Gasteiger partial charge in [-0.1, -0.05) is 12.1 Å². The van der Waals surface area contributed by atoms with Crippen LogP contribution in [0.5, 0.6) is 5.75 Å². The Balaban J connectivity index is 2.41. The molecule has 14 heavy (non-hydrogen) atoms. The van der Waals surface area contributed by atoms with E-state index in [1.807, 2.05) is 23.7 Å². The number of hydrogen-bond acceptors (Lipinski definition) is 4. The molecular weight excluding hydrogens is 250 g/mol. The van der Waals surface area contributed by atoms with Crippen molar-refractivity contribution in [2.75, 3.05) is 13.2 Å². The summed E-state index contributed by atoms with van der Waals surface area (Å²) in [5.74, 6) is 0.671. The van der Waals surface area contributed by atoms with Crippen molar-refractivity contribution in [3.63, 3.8) is 0 Å². The van der Waals surface area contributed by atoms with Crippen molar-refractivity contribution in [2.24, 2.45) is 0 Å². The number of ether oxygens (including phenoxy) is 1. The Morgan fingerprint density at radius 1 is 1.43 bits per heavy atom. The maximum Gasteiger partial charge on any atom is 0.133 e. The lowest BCUT2D eigenvalue weighted by molar-refractivity contribution is 0.0599. The van der Waals surface area contributed by atoms with Crippen molar-refractivity contribution in [1.82, 2.24) is 5.48 Å². The van der Waals surface area contributed by atoms with Crippen LogP contribution in [0.2, 0.25) is 0 Å². The second kappa shape index (κ2) is 5.98. The van der Waals surface area contributed by atoms with E-state index >= 15 is 0 Å². The van der Waals surface area contributed by atoms with Crippen molar-refractivity contribution >= 4 is 15.9 Å². The largest absolute Gasteiger partial charge is 0.490 e. The van der Waals surface area contributed by atoms with Gasteiger partial charge in [-0.05, 0) is 28.1 Å². The van der Waals surface area contributed by atoms with Crippen LogP contribution in [0.3, 0.4) is 0 Å². The summed E-state index contributed by atoms with van der Waals surface area (Å²) < 4.78 is 6.14. The van der Waals surface area contributed by atoms with Gasteiger partial charge in [-0.2, -0.15) is 0 Å². The third kappa shape index (κ3) is 3.63. The molecule has 3 N–H and O–H groups in total. The first kappa shape index (κ1) is 11.5. The molecule has 0 heterocycles. The normalized spacial score (nSPS) is 12.5. The van der Waals surface area contributed by atoms with Gasteiger partial charge in [0, 0.05) is 0 Å². The van der Waals surface area contributed by atoms with Gasteiger partial charge in [-0.25, -0.2) is 5.48 Å². The molecule has 0 spiro atoms. The molecule has 1 aromatic rings. The van der Waals surface area contributed by atoms with Gasteiger partial charge in [0.25, 0.3) is 0 Å². The van der Waals surface area contributed by atoms with E-state index in [-0.39, 0.29) is 13.2 Å². The van der Waals surface area contributed by atoms with Crippen LogP contribution in [0.15, 0.2) is 28.7 Å². The van der Waals surface area contributed by atoms with Crippen LogP contribution >= 0.6 is 15.9 Å². The lowest BCUT2D eigenvalue weighted by atomic mass is 10.3. The van der Waals surface area contributed by atoms with Gasteiger partial charge in [0.2, 0.25) is 0 Å². The Labute approximate surface area is 90.6 Å². The van der Waals surface area contributed by atoms with E-state index in [1.54, 1.807) is 6.07 Å². The van der Waals surface area contributed by atoms with Crippen molar-refractivity contribution in [3.8, 4) is 5.75 Å².